The van der Waals surface area contributed by atoms with E-state index >= 15 is 0 Å². The summed E-state index contributed by atoms with van der Waals surface area (Å²) in [5.74, 6) is 0.578. The second-order valence-electron chi connectivity index (χ2n) is 5.11. The molecule has 0 amide bonds. The molecule has 0 aliphatic heterocycles. The van der Waals surface area contributed by atoms with Gasteiger partial charge in [-0.2, -0.15) is 0 Å². The van der Waals surface area contributed by atoms with Crippen LogP contribution in [-0.2, 0) is 0 Å². The van der Waals surface area contributed by atoms with E-state index in [2.05, 4.69) is 19.6 Å². The third-order valence-corrected chi connectivity index (χ3v) is 4.66. The average Bonchev–Trinajstić information content (AvgIpc) is 2.55. The van der Waals surface area contributed by atoms with Crippen LogP contribution in [0.3, 0.4) is 0 Å². The van der Waals surface area contributed by atoms with Gasteiger partial charge in [0, 0.05) is 12.3 Å². The Hall–Kier alpha value is -1.35. The SMILES string of the molecule is CC(=O)c1oc2ccccc2c1[Si](C)(C)C. The van der Waals surface area contributed by atoms with E-state index < -0.39 is 8.07 Å². The summed E-state index contributed by atoms with van der Waals surface area (Å²) in [7, 11) is -1.57. The van der Waals surface area contributed by atoms with Crippen molar-refractivity contribution < 1.29 is 9.21 Å². The maximum absolute atomic E-state index is 11.6. The second-order valence-corrected chi connectivity index (χ2v) is 10.1. The van der Waals surface area contributed by atoms with Crippen molar-refractivity contribution in [2.45, 2.75) is 26.6 Å². The fourth-order valence-corrected chi connectivity index (χ4v) is 3.96. The van der Waals surface area contributed by atoms with E-state index in [9.17, 15) is 4.79 Å². The molecule has 2 rings (SSSR count). The Kier molecular flexibility index (Phi) is 2.50. The van der Waals surface area contributed by atoms with Crippen molar-refractivity contribution in [3.63, 3.8) is 0 Å². The number of para-hydroxylation sites is 1. The van der Waals surface area contributed by atoms with Crippen LogP contribution in [0.15, 0.2) is 28.7 Å². The smallest absolute Gasteiger partial charge is 0.194 e. The molecule has 3 heteroatoms. The van der Waals surface area contributed by atoms with Gasteiger partial charge in [0.15, 0.2) is 11.5 Å². The number of fused-ring (bicyclic) bond motifs is 1. The number of rotatable bonds is 2. The van der Waals surface area contributed by atoms with Gasteiger partial charge in [-0.3, -0.25) is 4.79 Å². The van der Waals surface area contributed by atoms with Crippen molar-refractivity contribution in [2.75, 3.05) is 0 Å². The standard InChI is InChI=1S/C13H16O2Si/c1-9(14)12-13(16(2,3)4)10-7-5-6-8-11(10)15-12/h5-8H,1-4H3. The van der Waals surface area contributed by atoms with Gasteiger partial charge in [-0.1, -0.05) is 37.8 Å². The Morgan fingerprint density at radius 3 is 2.38 bits per heavy atom. The van der Waals surface area contributed by atoms with Crippen molar-refractivity contribution >= 4 is 30.0 Å². The Morgan fingerprint density at radius 1 is 1.19 bits per heavy atom. The third kappa shape index (κ3) is 1.71. The van der Waals surface area contributed by atoms with E-state index in [1.54, 1.807) is 6.92 Å². The van der Waals surface area contributed by atoms with E-state index in [1.165, 1.54) is 0 Å². The summed E-state index contributed by atoms with van der Waals surface area (Å²) in [6.45, 7) is 8.27. The predicted octanol–water partition coefficient (Wildman–Crippen LogP) is 3.18. The number of ketones is 1. The zero-order chi connectivity index (χ0) is 11.9. The lowest BCUT2D eigenvalue weighted by atomic mass is 10.2. The summed E-state index contributed by atoms with van der Waals surface area (Å²) in [4.78, 5) is 11.6. The van der Waals surface area contributed by atoms with Gasteiger partial charge < -0.3 is 4.42 Å². The van der Waals surface area contributed by atoms with E-state index in [0.29, 0.717) is 5.76 Å². The van der Waals surface area contributed by atoms with Crippen LogP contribution in [0.5, 0.6) is 0 Å². The molecule has 0 N–H and O–H groups in total. The molecule has 0 aliphatic rings. The van der Waals surface area contributed by atoms with E-state index in [-0.39, 0.29) is 5.78 Å². The molecule has 0 radical (unpaired) electrons. The summed E-state index contributed by atoms with van der Waals surface area (Å²) in [6, 6.07) is 7.89. The Balaban J connectivity index is 2.85. The van der Waals surface area contributed by atoms with Gasteiger partial charge in [-0.25, -0.2) is 0 Å². The number of hydrogen-bond acceptors (Lipinski definition) is 2. The van der Waals surface area contributed by atoms with Crippen LogP contribution in [0.4, 0.5) is 0 Å². The molecule has 84 valence electrons. The van der Waals surface area contributed by atoms with Gasteiger partial charge in [0.25, 0.3) is 0 Å². The highest BCUT2D eigenvalue weighted by atomic mass is 28.3. The highest BCUT2D eigenvalue weighted by molar-refractivity contribution is 6.91. The lowest BCUT2D eigenvalue weighted by molar-refractivity contribution is 0.0990. The highest BCUT2D eigenvalue weighted by Crippen LogP contribution is 2.21. The molecule has 0 saturated carbocycles. The molecule has 0 atom stereocenters. The first-order valence-corrected chi connectivity index (χ1v) is 8.94. The Labute approximate surface area is 96.3 Å². The van der Waals surface area contributed by atoms with Gasteiger partial charge in [-0.05, 0) is 11.3 Å². The van der Waals surface area contributed by atoms with Crippen LogP contribution >= 0.6 is 0 Å². The van der Waals surface area contributed by atoms with Crippen LogP contribution in [0.1, 0.15) is 17.5 Å². The van der Waals surface area contributed by atoms with Gasteiger partial charge >= 0.3 is 0 Å². The number of benzene rings is 1. The number of hydrogen-bond donors (Lipinski definition) is 0. The molecule has 1 aromatic heterocycles. The molecular weight excluding hydrogens is 216 g/mol. The summed E-state index contributed by atoms with van der Waals surface area (Å²) < 4.78 is 5.67. The first-order valence-electron chi connectivity index (χ1n) is 5.44. The fourth-order valence-electron chi connectivity index (χ4n) is 2.04. The van der Waals surface area contributed by atoms with Crippen molar-refractivity contribution in [3.05, 3.63) is 30.0 Å². The Bertz CT molecular complexity index is 547. The number of carbonyl (C=O) groups excluding carboxylic acids is 1. The molecule has 0 fully saturated rings. The molecule has 0 bridgehead atoms. The highest BCUT2D eigenvalue weighted by Gasteiger charge is 2.28. The van der Waals surface area contributed by atoms with Crippen LogP contribution in [0, 0.1) is 0 Å². The minimum absolute atomic E-state index is 0.0219. The Morgan fingerprint density at radius 2 is 1.81 bits per heavy atom. The molecular formula is C13H16O2Si. The topological polar surface area (TPSA) is 30.2 Å². The van der Waals surface area contributed by atoms with Crippen LogP contribution < -0.4 is 5.19 Å². The molecule has 16 heavy (non-hydrogen) atoms. The molecule has 1 aromatic carbocycles. The maximum Gasteiger partial charge on any atom is 0.194 e. The van der Waals surface area contributed by atoms with Gasteiger partial charge in [-0.15, -0.1) is 0 Å². The number of carbonyl (C=O) groups is 1. The third-order valence-electron chi connectivity index (χ3n) is 2.67. The molecule has 0 aliphatic carbocycles. The van der Waals surface area contributed by atoms with E-state index in [4.69, 9.17) is 4.42 Å². The van der Waals surface area contributed by atoms with Crippen LogP contribution in [0.2, 0.25) is 19.6 Å². The van der Waals surface area contributed by atoms with Crippen molar-refractivity contribution in [3.8, 4) is 0 Å². The summed E-state index contributed by atoms with van der Waals surface area (Å²) in [5, 5.41) is 2.25. The quantitative estimate of drug-likeness (QED) is 0.588. The van der Waals surface area contributed by atoms with Crippen LogP contribution in [-0.4, -0.2) is 13.9 Å². The summed E-state index contributed by atoms with van der Waals surface area (Å²) in [5.41, 5.74) is 0.824. The minimum atomic E-state index is -1.57. The van der Waals surface area contributed by atoms with Crippen molar-refractivity contribution in [2.24, 2.45) is 0 Å². The number of furan rings is 1. The first-order chi connectivity index (χ1) is 7.41. The fraction of sp³-hybridized carbons (Fsp3) is 0.308. The molecule has 2 aromatic rings. The van der Waals surface area contributed by atoms with Gasteiger partial charge in [0.05, 0.1) is 8.07 Å². The zero-order valence-electron chi connectivity index (χ0n) is 10.1. The molecule has 0 saturated heterocycles. The largest absolute Gasteiger partial charge is 0.453 e. The van der Waals surface area contributed by atoms with Gasteiger partial charge in [0.1, 0.15) is 5.58 Å². The minimum Gasteiger partial charge on any atom is -0.453 e. The first kappa shape index (κ1) is 11.1. The molecule has 0 spiro atoms. The normalized spacial score (nSPS) is 12.0. The number of Topliss-reactive ketones (excluding diaryl/α,β-unsaturated/α-hetero) is 1. The average molecular weight is 232 g/mol. The van der Waals surface area contributed by atoms with E-state index in [1.807, 2.05) is 24.3 Å². The van der Waals surface area contributed by atoms with Crippen molar-refractivity contribution in [1.29, 1.82) is 0 Å². The summed E-state index contributed by atoms with van der Waals surface area (Å²) in [6.07, 6.45) is 0. The predicted molar refractivity (Wildman–Crippen MR) is 69.2 cm³/mol. The lowest BCUT2D eigenvalue weighted by Gasteiger charge is -2.15. The molecule has 2 nitrogen and oxygen atoms in total. The summed E-state index contributed by atoms with van der Waals surface area (Å²) >= 11 is 0. The zero-order valence-corrected chi connectivity index (χ0v) is 11.1. The molecule has 0 unspecified atom stereocenters. The second kappa shape index (κ2) is 3.59. The van der Waals surface area contributed by atoms with Crippen LogP contribution in [0.25, 0.3) is 11.0 Å². The monoisotopic (exact) mass is 232 g/mol. The maximum atomic E-state index is 11.6. The molecule has 1 heterocycles. The van der Waals surface area contributed by atoms with Gasteiger partial charge in [0.2, 0.25) is 0 Å². The lowest BCUT2D eigenvalue weighted by Crippen LogP contribution is -2.40. The van der Waals surface area contributed by atoms with E-state index in [0.717, 1.165) is 16.2 Å². The van der Waals surface area contributed by atoms with Crippen molar-refractivity contribution in [1.82, 2.24) is 0 Å².